The maximum Gasteiger partial charge on any atom is 0.0858 e. The number of aliphatic hydroxyl groups is 2. The molecular weight excluding hydrogens is 180 g/mol. The van der Waals surface area contributed by atoms with Crippen LogP contribution in [0.4, 0.5) is 0 Å². The molecule has 0 aliphatic heterocycles. The molecule has 0 heterocycles. The second-order valence-corrected chi connectivity index (χ2v) is 11.1. The Labute approximate surface area is 81.0 Å². The van der Waals surface area contributed by atoms with Gasteiger partial charge in [0.1, 0.15) is 0 Å². The van der Waals surface area contributed by atoms with E-state index in [1.54, 1.807) is 0 Å². The molecule has 0 aromatic rings. The molecule has 0 aromatic heterocycles. The molecule has 2 nitrogen and oxygen atoms in total. The first kappa shape index (κ1) is 9.68. The molecule has 2 fully saturated rings. The minimum absolute atomic E-state index is 0.388. The van der Waals surface area contributed by atoms with Gasteiger partial charge < -0.3 is 10.2 Å². The third-order valence-corrected chi connectivity index (χ3v) is 7.30. The van der Waals surface area contributed by atoms with Crippen LogP contribution in [0.15, 0.2) is 0 Å². The first-order chi connectivity index (χ1) is 5.87. The Balaban J connectivity index is 2.33. The van der Waals surface area contributed by atoms with E-state index < -0.39 is 19.4 Å². The largest absolute Gasteiger partial charge is 0.390 e. The van der Waals surface area contributed by atoms with E-state index in [1.807, 2.05) is 0 Å². The van der Waals surface area contributed by atoms with Gasteiger partial charge in [-0.15, -0.1) is 0 Å². The van der Waals surface area contributed by atoms with Crippen LogP contribution in [0.1, 0.15) is 19.3 Å². The van der Waals surface area contributed by atoms with E-state index in [-0.39, 0.29) is 0 Å². The van der Waals surface area contributed by atoms with Gasteiger partial charge >= 0.3 is 0 Å². The van der Waals surface area contributed by atoms with Crippen molar-refractivity contribution in [3.05, 3.63) is 0 Å². The fourth-order valence-electron chi connectivity index (χ4n) is 3.36. The lowest BCUT2D eigenvalue weighted by molar-refractivity contribution is -0.0562. The van der Waals surface area contributed by atoms with Crippen molar-refractivity contribution in [2.24, 2.45) is 11.8 Å². The van der Waals surface area contributed by atoms with Crippen LogP contribution in [-0.4, -0.2) is 29.6 Å². The van der Waals surface area contributed by atoms with Gasteiger partial charge in [-0.1, -0.05) is 19.6 Å². The van der Waals surface area contributed by atoms with Crippen molar-refractivity contribution in [3.8, 4) is 0 Å². The standard InChI is InChI=1S/C10H20O2Si/c1-13(2,3)10(12)8-5-4-7(6-8)9(10)11/h7-9,11-12H,4-6H2,1-3H3/t7-,8+,9+,10+/m1/s1. The summed E-state index contributed by atoms with van der Waals surface area (Å²) in [6.45, 7) is 6.49. The molecule has 2 aliphatic rings. The smallest absolute Gasteiger partial charge is 0.0858 e. The van der Waals surface area contributed by atoms with Crippen LogP contribution in [0, 0.1) is 11.8 Å². The molecule has 0 spiro atoms. The zero-order valence-electron chi connectivity index (χ0n) is 8.75. The highest BCUT2D eigenvalue weighted by Gasteiger charge is 2.62. The van der Waals surface area contributed by atoms with E-state index in [1.165, 1.54) is 0 Å². The van der Waals surface area contributed by atoms with E-state index in [2.05, 4.69) is 19.6 Å². The highest BCUT2D eigenvalue weighted by atomic mass is 28.3. The predicted molar refractivity (Wildman–Crippen MR) is 55.1 cm³/mol. The molecule has 2 saturated carbocycles. The van der Waals surface area contributed by atoms with E-state index in [0.29, 0.717) is 11.8 Å². The molecule has 0 aromatic carbocycles. The van der Waals surface area contributed by atoms with Gasteiger partial charge in [-0.2, -0.15) is 0 Å². The Hall–Kier alpha value is 0.137. The summed E-state index contributed by atoms with van der Waals surface area (Å²) in [6, 6.07) is 0. The lowest BCUT2D eigenvalue weighted by Gasteiger charge is -2.45. The zero-order valence-corrected chi connectivity index (χ0v) is 9.75. The molecule has 2 N–H and O–H groups in total. The van der Waals surface area contributed by atoms with Crippen LogP contribution in [0.3, 0.4) is 0 Å². The normalized spacial score (nSPS) is 50.1. The topological polar surface area (TPSA) is 40.5 Å². The quantitative estimate of drug-likeness (QED) is 0.628. The summed E-state index contributed by atoms with van der Waals surface area (Å²) in [6.07, 6.45) is 2.88. The minimum Gasteiger partial charge on any atom is -0.390 e. The Morgan fingerprint density at radius 1 is 1.23 bits per heavy atom. The van der Waals surface area contributed by atoms with Crippen molar-refractivity contribution in [2.75, 3.05) is 0 Å². The number of fused-ring (bicyclic) bond motifs is 2. The Morgan fingerprint density at radius 2 is 1.85 bits per heavy atom. The van der Waals surface area contributed by atoms with Crippen LogP contribution >= 0.6 is 0 Å². The van der Waals surface area contributed by atoms with Gasteiger partial charge in [-0.3, -0.25) is 0 Å². The SMILES string of the molecule is C[Si](C)(C)[C@@]1(O)[C@H]2CC[C@H](C2)[C@@H]1O. The van der Waals surface area contributed by atoms with E-state index >= 15 is 0 Å². The maximum absolute atomic E-state index is 10.6. The fourth-order valence-corrected chi connectivity index (χ4v) is 5.97. The monoisotopic (exact) mass is 200 g/mol. The van der Waals surface area contributed by atoms with Crippen LogP contribution < -0.4 is 0 Å². The molecule has 76 valence electrons. The molecule has 13 heavy (non-hydrogen) atoms. The molecule has 2 rings (SSSR count). The lowest BCUT2D eigenvalue weighted by Crippen LogP contribution is -2.63. The maximum atomic E-state index is 10.6. The summed E-state index contributed by atoms with van der Waals surface area (Å²) in [4.78, 5) is 0. The summed E-state index contributed by atoms with van der Waals surface area (Å²) in [5.41, 5.74) is 0. The van der Waals surface area contributed by atoms with E-state index in [0.717, 1.165) is 19.3 Å². The van der Waals surface area contributed by atoms with Crippen molar-refractivity contribution in [1.29, 1.82) is 0 Å². The lowest BCUT2D eigenvalue weighted by atomic mass is 9.94. The molecule has 4 atom stereocenters. The summed E-state index contributed by atoms with van der Waals surface area (Å²) >= 11 is 0. The highest BCUT2D eigenvalue weighted by molar-refractivity contribution is 6.79. The van der Waals surface area contributed by atoms with Crippen LogP contribution in [0.5, 0.6) is 0 Å². The van der Waals surface area contributed by atoms with Gasteiger partial charge in [0.15, 0.2) is 0 Å². The van der Waals surface area contributed by atoms with Crippen molar-refractivity contribution in [2.45, 2.75) is 50.2 Å². The van der Waals surface area contributed by atoms with Gasteiger partial charge in [-0.05, 0) is 31.1 Å². The fraction of sp³-hybridized carbons (Fsp3) is 1.00. The van der Waals surface area contributed by atoms with Crippen LogP contribution in [-0.2, 0) is 0 Å². The van der Waals surface area contributed by atoms with Gasteiger partial charge in [0.05, 0.1) is 19.4 Å². The highest BCUT2D eigenvalue weighted by Crippen LogP contribution is 2.54. The molecular formula is C10H20O2Si. The second-order valence-electron chi connectivity index (χ2n) is 5.79. The average molecular weight is 200 g/mol. The van der Waals surface area contributed by atoms with Crippen LogP contribution in [0.25, 0.3) is 0 Å². The summed E-state index contributed by atoms with van der Waals surface area (Å²) < 4.78 is 0. The van der Waals surface area contributed by atoms with Gasteiger partial charge in [0, 0.05) is 0 Å². The third-order valence-electron chi connectivity index (χ3n) is 4.19. The average Bonchev–Trinajstić information content (AvgIpc) is 2.53. The van der Waals surface area contributed by atoms with Crippen LogP contribution in [0.2, 0.25) is 19.6 Å². The van der Waals surface area contributed by atoms with Gasteiger partial charge in [0.2, 0.25) is 0 Å². The number of hydrogen-bond donors (Lipinski definition) is 2. The van der Waals surface area contributed by atoms with Crippen molar-refractivity contribution >= 4 is 8.07 Å². The Bertz CT molecular complexity index is 219. The first-order valence-corrected chi connectivity index (χ1v) is 8.78. The third kappa shape index (κ3) is 1.07. The molecule has 3 heteroatoms. The minimum atomic E-state index is -1.66. The zero-order chi connectivity index (χ0) is 9.85. The van der Waals surface area contributed by atoms with Crippen molar-refractivity contribution < 1.29 is 10.2 Å². The number of aliphatic hydroxyl groups excluding tert-OH is 1. The molecule has 0 amide bonds. The van der Waals surface area contributed by atoms with Crippen molar-refractivity contribution in [1.82, 2.24) is 0 Å². The summed E-state index contributed by atoms with van der Waals surface area (Å²) in [7, 11) is -1.66. The van der Waals surface area contributed by atoms with Gasteiger partial charge in [-0.25, -0.2) is 0 Å². The summed E-state index contributed by atoms with van der Waals surface area (Å²) in [5, 5.41) is 20.0. The molecule has 2 bridgehead atoms. The van der Waals surface area contributed by atoms with Crippen molar-refractivity contribution in [3.63, 3.8) is 0 Å². The number of hydrogen-bond acceptors (Lipinski definition) is 2. The molecule has 0 radical (unpaired) electrons. The van der Waals surface area contributed by atoms with Gasteiger partial charge in [0.25, 0.3) is 0 Å². The number of rotatable bonds is 1. The Morgan fingerprint density at radius 3 is 2.15 bits per heavy atom. The summed E-state index contributed by atoms with van der Waals surface area (Å²) in [5.74, 6) is 0.779. The molecule has 0 saturated heterocycles. The van der Waals surface area contributed by atoms with E-state index in [4.69, 9.17) is 0 Å². The Kier molecular flexibility index (Phi) is 1.92. The second kappa shape index (κ2) is 2.58. The van der Waals surface area contributed by atoms with E-state index in [9.17, 15) is 10.2 Å². The molecule has 0 unspecified atom stereocenters. The first-order valence-electron chi connectivity index (χ1n) is 5.28. The predicted octanol–water partition coefficient (Wildman–Crippen LogP) is 1.39. The molecule has 2 aliphatic carbocycles.